The number of anilines is 3. The maximum atomic E-state index is 2.38. The molecule has 1 nitrogen and oxygen atoms in total. The molecule has 0 saturated heterocycles. The Kier molecular flexibility index (Phi) is 12.4. The van der Waals surface area contributed by atoms with Gasteiger partial charge in [0.1, 0.15) is 0 Å². The van der Waals surface area contributed by atoms with Gasteiger partial charge in [0, 0.05) is 17.1 Å². The monoisotopic (exact) mass is 909 g/mol. The highest BCUT2D eigenvalue weighted by Crippen LogP contribution is 2.42. The second kappa shape index (κ2) is 19.7. The van der Waals surface area contributed by atoms with Crippen LogP contribution in [0.3, 0.4) is 0 Å². The largest absolute Gasteiger partial charge is 0.311 e. The molecule has 0 aliphatic rings. The summed E-state index contributed by atoms with van der Waals surface area (Å²) in [5.74, 6) is 0. The Morgan fingerprint density at radius 1 is 0.183 bits per heavy atom. The lowest BCUT2D eigenvalue weighted by Gasteiger charge is -2.26. The van der Waals surface area contributed by atoms with Crippen LogP contribution in [0.4, 0.5) is 17.1 Å². The van der Waals surface area contributed by atoms with Crippen molar-refractivity contribution in [2.75, 3.05) is 4.90 Å². The van der Waals surface area contributed by atoms with Crippen molar-refractivity contribution in [2.24, 2.45) is 0 Å². The lowest BCUT2D eigenvalue weighted by molar-refractivity contribution is 1.28. The minimum Gasteiger partial charge on any atom is -0.311 e. The van der Waals surface area contributed by atoms with Crippen LogP contribution in [0, 0.1) is 27.7 Å². The Hall–Kier alpha value is -8.78. The molecule has 0 bridgehead atoms. The van der Waals surface area contributed by atoms with E-state index in [0.717, 1.165) is 17.1 Å². The van der Waals surface area contributed by atoms with Crippen LogP contribution in [0.1, 0.15) is 22.3 Å². The molecule has 0 unspecified atom stereocenters. The number of nitrogens with zero attached hydrogens (tertiary/aromatic N) is 1. The predicted octanol–water partition coefficient (Wildman–Crippen LogP) is 19.7. The molecule has 0 N–H and O–H groups in total. The van der Waals surface area contributed by atoms with Crippen LogP contribution in [0.15, 0.2) is 261 Å². The van der Waals surface area contributed by atoms with Crippen molar-refractivity contribution in [3.8, 4) is 89.0 Å². The average molecular weight is 910 g/mol. The van der Waals surface area contributed by atoms with E-state index in [1.807, 2.05) is 0 Å². The van der Waals surface area contributed by atoms with Gasteiger partial charge in [-0.3, -0.25) is 0 Å². The Balaban J connectivity index is 1.01. The van der Waals surface area contributed by atoms with Gasteiger partial charge in [0.2, 0.25) is 0 Å². The van der Waals surface area contributed by atoms with Crippen LogP contribution >= 0.6 is 0 Å². The van der Waals surface area contributed by atoms with Crippen molar-refractivity contribution in [3.63, 3.8) is 0 Å². The molecule has 0 spiro atoms. The molecule has 0 aliphatic carbocycles. The van der Waals surface area contributed by atoms with Crippen molar-refractivity contribution in [1.29, 1.82) is 0 Å². The lowest BCUT2D eigenvalue weighted by Crippen LogP contribution is -2.09. The Bertz CT molecular complexity index is 3410. The highest BCUT2D eigenvalue weighted by atomic mass is 15.1. The summed E-state index contributed by atoms with van der Waals surface area (Å²) in [5.41, 5.74) is 27.4. The highest BCUT2D eigenvalue weighted by molar-refractivity contribution is 5.91. The first-order valence-electron chi connectivity index (χ1n) is 24.6. The zero-order valence-electron chi connectivity index (χ0n) is 40.8. The summed E-state index contributed by atoms with van der Waals surface area (Å²) >= 11 is 0. The Morgan fingerprint density at radius 2 is 0.437 bits per heavy atom. The number of hydrogen-bond acceptors (Lipinski definition) is 1. The van der Waals surface area contributed by atoms with E-state index in [0.29, 0.717) is 0 Å². The summed E-state index contributed by atoms with van der Waals surface area (Å²) in [4.78, 5) is 2.38. The van der Waals surface area contributed by atoms with Gasteiger partial charge in [0.05, 0.1) is 0 Å². The molecular formula is C70H55N. The molecule has 71 heavy (non-hydrogen) atoms. The van der Waals surface area contributed by atoms with E-state index < -0.39 is 0 Å². The van der Waals surface area contributed by atoms with Crippen LogP contribution in [0.2, 0.25) is 0 Å². The van der Waals surface area contributed by atoms with Gasteiger partial charge in [0.15, 0.2) is 0 Å². The topological polar surface area (TPSA) is 3.24 Å². The van der Waals surface area contributed by atoms with Crippen molar-refractivity contribution in [1.82, 2.24) is 0 Å². The lowest BCUT2D eigenvalue weighted by atomic mass is 9.90. The Morgan fingerprint density at radius 3 is 0.803 bits per heavy atom. The fourth-order valence-corrected chi connectivity index (χ4v) is 9.73. The van der Waals surface area contributed by atoms with E-state index in [1.165, 1.54) is 111 Å². The molecule has 1 heteroatoms. The maximum absolute atomic E-state index is 2.38. The molecule has 0 amide bonds. The van der Waals surface area contributed by atoms with Gasteiger partial charge in [0.25, 0.3) is 0 Å². The third kappa shape index (κ3) is 9.64. The third-order valence-electron chi connectivity index (χ3n) is 13.8. The van der Waals surface area contributed by atoms with E-state index in [9.17, 15) is 0 Å². The average Bonchev–Trinajstić information content (AvgIpc) is 3.42. The van der Waals surface area contributed by atoms with Crippen molar-refractivity contribution in [3.05, 3.63) is 283 Å². The molecule has 0 aromatic heterocycles. The van der Waals surface area contributed by atoms with Gasteiger partial charge in [-0.05, 0) is 171 Å². The zero-order chi connectivity index (χ0) is 48.3. The van der Waals surface area contributed by atoms with Crippen molar-refractivity contribution < 1.29 is 0 Å². The van der Waals surface area contributed by atoms with Crippen LogP contribution in [-0.4, -0.2) is 0 Å². The summed E-state index contributed by atoms with van der Waals surface area (Å²) in [5, 5.41) is 0. The van der Waals surface area contributed by atoms with Crippen LogP contribution in [0.25, 0.3) is 89.0 Å². The molecule has 0 heterocycles. The minimum atomic E-state index is 1.08. The van der Waals surface area contributed by atoms with Crippen LogP contribution in [0.5, 0.6) is 0 Å². The minimum absolute atomic E-state index is 1.08. The van der Waals surface area contributed by atoms with E-state index in [4.69, 9.17) is 0 Å². The summed E-state index contributed by atoms with van der Waals surface area (Å²) in [6.45, 7) is 8.57. The van der Waals surface area contributed by atoms with E-state index in [2.05, 4.69) is 293 Å². The number of aryl methyl sites for hydroxylation is 4. The van der Waals surface area contributed by atoms with Crippen molar-refractivity contribution in [2.45, 2.75) is 27.7 Å². The summed E-state index contributed by atoms with van der Waals surface area (Å²) in [6.07, 6.45) is 0. The number of rotatable bonds is 11. The molecule has 0 atom stereocenters. The van der Waals surface area contributed by atoms with Crippen molar-refractivity contribution >= 4 is 17.1 Å². The van der Waals surface area contributed by atoms with Gasteiger partial charge in [-0.2, -0.15) is 0 Å². The molecular weight excluding hydrogens is 855 g/mol. The van der Waals surface area contributed by atoms with Gasteiger partial charge in [-0.1, -0.05) is 229 Å². The van der Waals surface area contributed by atoms with Gasteiger partial charge in [-0.15, -0.1) is 0 Å². The van der Waals surface area contributed by atoms with E-state index >= 15 is 0 Å². The molecule has 340 valence electrons. The summed E-state index contributed by atoms with van der Waals surface area (Å²) in [6, 6.07) is 96.0. The maximum Gasteiger partial charge on any atom is 0.0462 e. The normalized spacial score (nSPS) is 11.1. The molecule has 0 saturated carbocycles. The number of benzene rings is 11. The van der Waals surface area contributed by atoms with Gasteiger partial charge >= 0.3 is 0 Å². The summed E-state index contributed by atoms with van der Waals surface area (Å²) < 4.78 is 0. The quantitative estimate of drug-likeness (QED) is 0.125. The first-order valence-corrected chi connectivity index (χ1v) is 24.6. The second-order valence-electron chi connectivity index (χ2n) is 18.9. The first-order chi connectivity index (χ1) is 34.8. The van der Waals surface area contributed by atoms with E-state index in [1.54, 1.807) is 0 Å². The molecule has 11 aromatic rings. The summed E-state index contributed by atoms with van der Waals surface area (Å²) in [7, 11) is 0. The van der Waals surface area contributed by atoms with Crippen LogP contribution in [-0.2, 0) is 0 Å². The smallest absolute Gasteiger partial charge is 0.0462 e. The number of hydrogen-bond donors (Lipinski definition) is 0. The molecule has 11 aromatic carbocycles. The fraction of sp³-hybridized carbons (Fsp3) is 0.0571. The third-order valence-corrected chi connectivity index (χ3v) is 13.8. The predicted molar refractivity (Wildman–Crippen MR) is 304 cm³/mol. The molecule has 11 rings (SSSR count). The second-order valence-corrected chi connectivity index (χ2v) is 18.9. The zero-order valence-corrected chi connectivity index (χ0v) is 40.8. The standard InChI is InChI=1S/C70H55N/c1-48-13-21-53(22-14-48)62-35-43-67(56-25-17-50(3)18-26-56)69(46-62)58-31-39-65(40-32-58)71(64-37-29-55(30-38-64)61-12-8-11-60(45-61)52-9-6-5-7-10-52)66-41-33-59(34-42-66)70-47-63(54-23-15-49(2)16-24-54)36-44-68(70)57-27-19-51(4)20-28-57/h5-47H,1-4H3. The molecule has 0 radical (unpaired) electrons. The molecule has 0 aliphatic heterocycles. The van der Waals surface area contributed by atoms with Crippen LogP contribution < -0.4 is 4.90 Å². The Labute approximate surface area is 419 Å². The first kappa shape index (κ1) is 44.7. The molecule has 0 fully saturated rings. The van der Waals surface area contributed by atoms with E-state index in [-0.39, 0.29) is 0 Å². The SMILES string of the molecule is Cc1ccc(-c2ccc(-c3ccc(C)cc3)c(-c3ccc(N(c4ccc(-c5cccc(-c6ccccc6)c5)cc4)c4ccc(-c5cc(-c6ccc(C)cc6)ccc5-c5ccc(C)cc5)cc4)cc3)c2)cc1. The van der Waals surface area contributed by atoms with Gasteiger partial charge in [-0.25, -0.2) is 0 Å². The van der Waals surface area contributed by atoms with Gasteiger partial charge < -0.3 is 4.90 Å². The fourth-order valence-electron chi connectivity index (χ4n) is 9.73. The highest BCUT2D eigenvalue weighted by Gasteiger charge is 2.17.